The average molecular weight is 454 g/mol. The number of nitrogens with one attached hydrogen (secondary N) is 2. The molecule has 2 saturated heterocycles. The first-order valence-electron chi connectivity index (χ1n) is 11.7. The third-order valence-electron chi connectivity index (χ3n) is 6.25. The summed E-state index contributed by atoms with van der Waals surface area (Å²) >= 11 is 5.28. The number of hydrogen-bond donors (Lipinski definition) is 3. The van der Waals surface area contributed by atoms with E-state index < -0.39 is 0 Å². The molecule has 2 bridgehead atoms. The SMILES string of the molecule is CCCCCNC(=S)CC(=O)NC[C@H]1[C@@H](CC=CCCCC(=O)N(C)O)[C@H]2CC[C@@H]1O2. The van der Waals surface area contributed by atoms with E-state index in [1.54, 1.807) is 0 Å². The fraction of sp³-hybridized carbons (Fsp3) is 0.783. The van der Waals surface area contributed by atoms with Gasteiger partial charge in [0.25, 0.3) is 0 Å². The van der Waals surface area contributed by atoms with E-state index in [1.165, 1.54) is 13.5 Å². The Morgan fingerprint density at radius 2 is 1.87 bits per heavy atom. The maximum Gasteiger partial charge on any atom is 0.245 e. The minimum Gasteiger partial charge on any atom is -0.379 e. The number of carbonyl (C=O) groups excluding carboxylic acids is 2. The predicted molar refractivity (Wildman–Crippen MR) is 125 cm³/mol. The Hall–Kier alpha value is -1.51. The van der Waals surface area contributed by atoms with E-state index in [1.807, 2.05) is 0 Å². The Kier molecular flexibility index (Phi) is 11.5. The van der Waals surface area contributed by atoms with E-state index in [0.29, 0.717) is 34.9 Å². The van der Waals surface area contributed by atoms with Crippen LogP contribution in [-0.4, -0.2) is 59.4 Å². The Morgan fingerprint density at radius 1 is 1.13 bits per heavy atom. The predicted octanol–water partition coefficient (Wildman–Crippen LogP) is 3.36. The van der Waals surface area contributed by atoms with Crippen molar-refractivity contribution in [2.75, 3.05) is 20.1 Å². The lowest BCUT2D eigenvalue weighted by atomic mass is 9.77. The molecule has 0 radical (unpaired) electrons. The van der Waals surface area contributed by atoms with E-state index in [4.69, 9.17) is 22.2 Å². The molecule has 0 spiro atoms. The number of fused-ring (bicyclic) bond motifs is 2. The molecule has 0 unspecified atom stereocenters. The van der Waals surface area contributed by atoms with Crippen molar-refractivity contribution in [1.29, 1.82) is 0 Å². The van der Waals surface area contributed by atoms with Gasteiger partial charge in [0, 0.05) is 32.5 Å². The first-order chi connectivity index (χ1) is 14.9. The van der Waals surface area contributed by atoms with Crippen LogP contribution in [0.2, 0.25) is 0 Å². The number of allylic oxidation sites excluding steroid dienone is 2. The normalized spacial score (nSPS) is 24.5. The third-order valence-corrected chi connectivity index (χ3v) is 6.53. The summed E-state index contributed by atoms with van der Waals surface area (Å²) in [5, 5.41) is 15.9. The molecule has 0 aromatic carbocycles. The summed E-state index contributed by atoms with van der Waals surface area (Å²) in [5.74, 6) is 0.465. The van der Waals surface area contributed by atoms with E-state index >= 15 is 0 Å². The zero-order valence-corrected chi connectivity index (χ0v) is 19.8. The van der Waals surface area contributed by atoms with E-state index in [2.05, 4.69) is 29.7 Å². The standard InChI is InChI=1S/C23H39N3O4S/c1-3-4-9-14-24-22(31)15-21(27)25-16-18-17(19-12-13-20(18)30-19)10-7-5-6-8-11-23(28)26(2)29/h5,7,17-20,29H,3-4,6,8-16H2,1-2H3,(H,24,31)(H,25,27)/t17-,18+,19-,20+/m1/s1. The van der Waals surface area contributed by atoms with Crippen LogP contribution in [0, 0.1) is 11.8 Å². The van der Waals surface area contributed by atoms with Crippen LogP contribution in [0.15, 0.2) is 12.2 Å². The number of hydroxylamine groups is 2. The number of rotatable bonds is 14. The Bertz CT molecular complexity index is 626. The molecule has 8 heteroatoms. The Morgan fingerprint density at radius 3 is 2.58 bits per heavy atom. The van der Waals surface area contributed by atoms with Gasteiger partial charge in [0.15, 0.2) is 0 Å². The Labute approximate surface area is 191 Å². The van der Waals surface area contributed by atoms with Crippen molar-refractivity contribution >= 4 is 29.0 Å². The maximum absolute atomic E-state index is 12.3. The maximum atomic E-state index is 12.3. The first kappa shape index (κ1) is 25.7. The van der Waals surface area contributed by atoms with Crippen molar-refractivity contribution in [3.63, 3.8) is 0 Å². The van der Waals surface area contributed by atoms with Crippen molar-refractivity contribution in [3.05, 3.63) is 12.2 Å². The summed E-state index contributed by atoms with van der Waals surface area (Å²) in [4.78, 5) is 24.3. The molecular weight excluding hydrogens is 414 g/mol. The number of ether oxygens (including phenoxy) is 1. The molecule has 7 nitrogen and oxygen atoms in total. The molecule has 2 fully saturated rings. The topological polar surface area (TPSA) is 90.9 Å². The van der Waals surface area contributed by atoms with E-state index in [9.17, 15) is 9.59 Å². The Balaban J connectivity index is 1.68. The van der Waals surface area contributed by atoms with Crippen molar-refractivity contribution < 1.29 is 19.5 Å². The van der Waals surface area contributed by atoms with Gasteiger partial charge in [-0.25, -0.2) is 5.06 Å². The number of amides is 2. The summed E-state index contributed by atoms with van der Waals surface area (Å²) in [6.07, 6.45) is 13.4. The zero-order chi connectivity index (χ0) is 22.6. The van der Waals surface area contributed by atoms with Crippen LogP contribution in [0.1, 0.15) is 71.1 Å². The second-order valence-electron chi connectivity index (χ2n) is 8.67. The molecule has 0 aromatic rings. The molecule has 2 amide bonds. The molecular formula is C23H39N3O4S. The van der Waals surface area contributed by atoms with Crippen LogP contribution < -0.4 is 10.6 Å². The molecule has 2 rings (SSSR count). The highest BCUT2D eigenvalue weighted by atomic mass is 32.1. The third kappa shape index (κ3) is 8.86. The second-order valence-corrected chi connectivity index (χ2v) is 9.17. The number of nitrogens with zero attached hydrogens (tertiary/aromatic N) is 1. The van der Waals surface area contributed by atoms with Crippen LogP contribution >= 0.6 is 12.2 Å². The highest BCUT2D eigenvalue weighted by molar-refractivity contribution is 7.80. The van der Waals surface area contributed by atoms with Gasteiger partial charge >= 0.3 is 0 Å². The molecule has 4 atom stereocenters. The van der Waals surface area contributed by atoms with E-state index in [-0.39, 0.29) is 30.4 Å². The van der Waals surface area contributed by atoms with Crippen LogP contribution in [0.4, 0.5) is 0 Å². The molecule has 2 heterocycles. The van der Waals surface area contributed by atoms with Crippen molar-refractivity contribution in [2.24, 2.45) is 11.8 Å². The van der Waals surface area contributed by atoms with Crippen molar-refractivity contribution in [3.8, 4) is 0 Å². The van der Waals surface area contributed by atoms with Gasteiger partial charge in [-0.3, -0.25) is 14.8 Å². The van der Waals surface area contributed by atoms with E-state index in [0.717, 1.165) is 51.5 Å². The minimum atomic E-state index is -0.263. The molecule has 176 valence electrons. The number of carbonyl (C=O) groups is 2. The van der Waals surface area contributed by atoms with Gasteiger partial charge in [-0.05, 0) is 44.4 Å². The van der Waals surface area contributed by atoms with Gasteiger partial charge in [0.05, 0.1) is 23.6 Å². The van der Waals surface area contributed by atoms with Gasteiger partial charge in [-0.15, -0.1) is 0 Å². The number of hydrogen-bond acceptors (Lipinski definition) is 5. The average Bonchev–Trinajstić information content (AvgIpc) is 3.33. The summed E-state index contributed by atoms with van der Waals surface area (Å²) < 4.78 is 6.12. The largest absolute Gasteiger partial charge is 0.379 e. The second kappa shape index (κ2) is 13.8. The number of thiocarbonyl (C=S) groups is 1. The summed E-state index contributed by atoms with van der Waals surface area (Å²) in [6, 6.07) is 0. The van der Waals surface area contributed by atoms with Crippen LogP contribution in [0.3, 0.4) is 0 Å². The highest BCUT2D eigenvalue weighted by Crippen LogP contribution is 2.44. The van der Waals surface area contributed by atoms with Gasteiger partial charge in [-0.1, -0.05) is 44.1 Å². The van der Waals surface area contributed by atoms with Gasteiger partial charge in [-0.2, -0.15) is 0 Å². The number of unbranched alkanes of at least 4 members (excludes halogenated alkanes) is 3. The molecule has 0 aromatic heterocycles. The molecule has 3 N–H and O–H groups in total. The monoisotopic (exact) mass is 453 g/mol. The van der Waals surface area contributed by atoms with Crippen LogP contribution in [0.25, 0.3) is 0 Å². The smallest absolute Gasteiger partial charge is 0.245 e. The van der Waals surface area contributed by atoms with Crippen molar-refractivity contribution in [2.45, 2.75) is 83.3 Å². The molecule has 0 saturated carbocycles. The summed E-state index contributed by atoms with van der Waals surface area (Å²) in [6.45, 7) is 3.63. The molecule has 2 aliphatic rings. The van der Waals surface area contributed by atoms with Gasteiger partial charge < -0.3 is 15.4 Å². The van der Waals surface area contributed by atoms with Crippen molar-refractivity contribution in [1.82, 2.24) is 15.7 Å². The first-order valence-corrected chi connectivity index (χ1v) is 12.1. The molecule has 0 aliphatic carbocycles. The minimum absolute atomic E-state index is 0.0245. The lowest BCUT2D eigenvalue weighted by Crippen LogP contribution is -2.39. The van der Waals surface area contributed by atoms with Crippen LogP contribution in [-0.2, 0) is 14.3 Å². The molecule has 31 heavy (non-hydrogen) atoms. The zero-order valence-electron chi connectivity index (χ0n) is 19.0. The molecule has 2 aliphatic heterocycles. The van der Waals surface area contributed by atoms with Crippen LogP contribution in [0.5, 0.6) is 0 Å². The quantitative estimate of drug-likeness (QED) is 0.123. The fourth-order valence-electron chi connectivity index (χ4n) is 4.49. The lowest BCUT2D eigenvalue weighted by Gasteiger charge is -2.27. The van der Waals surface area contributed by atoms with Gasteiger partial charge in [0.1, 0.15) is 0 Å². The van der Waals surface area contributed by atoms with Gasteiger partial charge in [0.2, 0.25) is 11.8 Å². The highest BCUT2D eigenvalue weighted by Gasteiger charge is 2.47. The summed E-state index contributed by atoms with van der Waals surface area (Å²) in [7, 11) is 1.35. The summed E-state index contributed by atoms with van der Waals surface area (Å²) in [5.41, 5.74) is 0. The fourth-order valence-corrected chi connectivity index (χ4v) is 4.72. The lowest BCUT2D eigenvalue weighted by molar-refractivity contribution is -0.159.